The van der Waals surface area contributed by atoms with E-state index in [1.807, 2.05) is 32.0 Å². The number of Topliss-reactive ketones (excluding diaryl/α,β-unsaturated/α-hetero) is 1. The van der Waals surface area contributed by atoms with E-state index in [9.17, 15) is 9.59 Å². The van der Waals surface area contributed by atoms with Crippen LogP contribution in [0.25, 0.3) is 0 Å². The molecule has 0 amide bonds. The zero-order valence-electron chi connectivity index (χ0n) is 12.7. The number of hydrogen-bond acceptors (Lipinski definition) is 4. The fourth-order valence-electron chi connectivity index (χ4n) is 2.56. The van der Waals surface area contributed by atoms with Gasteiger partial charge in [0.05, 0.1) is 18.9 Å². The fraction of sp³-hybridized carbons (Fsp3) is 0.500. The Morgan fingerprint density at radius 3 is 2.15 bits per heavy atom. The third-order valence-electron chi connectivity index (χ3n) is 3.56. The Morgan fingerprint density at radius 2 is 1.70 bits per heavy atom. The van der Waals surface area contributed by atoms with Crippen LogP contribution < -0.4 is 0 Å². The maximum absolute atomic E-state index is 12.4. The lowest BCUT2D eigenvalue weighted by Gasteiger charge is -2.24. The molecule has 0 radical (unpaired) electrons. The number of methoxy groups -OCH3 is 2. The number of hydrogen-bond donors (Lipinski definition) is 0. The number of carbonyl (C=O) groups excluding carboxylic acids is 2. The average molecular weight is 278 g/mol. The van der Waals surface area contributed by atoms with Gasteiger partial charge in [-0.2, -0.15) is 0 Å². The van der Waals surface area contributed by atoms with E-state index in [1.54, 1.807) is 6.92 Å². The van der Waals surface area contributed by atoms with Gasteiger partial charge in [0.1, 0.15) is 6.61 Å². The molecule has 0 aliphatic heterocycles. The van der Waals surface area contributed by atoms with E-state index < -0.39 is 11.8 Å². The highest BCUT2D eigenvalue weighted by Gasteiger charge is 2.33. The smallest absolute Gasteiger partial charge is 0.309 e. The molecule has 110 valence electrons. The summed E-state index contributed by atoms with van der Waals surface area (Å²) < 4.78 is 9.74. The van der Waals surface area contributed by atoms with Gasteiger partial charge >= 0.3 is 5.97 Å². The second-order valence-electron chi connectivity index (χ2n) is 4.99. The van der Waals surface area contributed by atoms with E-state index in [4.69, 9.17) is 9.47 Å². The minimum atomic E-state index is -0.539. The van der Waals surface area contributed by atoms with Crippen LogP contribution >= 0.6 is 0 Å². The molecule has 0 bridgehead atoms. The van der Waals surface area contributed by atoms with E-state index in [2.05, 4.69) is 0 Å². The van der Waals surface area contributed by atoms with E-state index >= 15 is 0 Å². The molecule has 0 saturated heterocycles. The molecular formula is C16H22O4. The summed E-state index contributed by atoms with van der Waals surface area (Å²) in [5.41, 5.74) is 2.89. The number of benzene rings is 1. The molecule has 0 aliphatic rings. The third kappa shape index (κ3) is 3.45. The molecule has 4 nitrogen and oxygen atoms in total. The molecule has 0 fully saturated rings. The van der Waals surface area contributed by atoms with Gasteiger partial charge in [0, 0.05) is 7.11 Å². The van der Waals surface area contributed by atoms with Crippen molar-refractivity contribution >= 4 is 11.8 Å². The van der Waals surface area contributed by atoms with Gasteiger partial charge in [-0.1, -0.05) is 25.1 Å². The summed E-state index contributed by atoms with van der Waals surface area (Å²) in [6, 6.07) is 5.83. The van der Waals surface area contributed by atoms with E-state index in [0.29, 0.717) is 0 Å². The van der Waals surface area contributed by atoms with Crippen LogP contribution in [0.5, 0.6) is 0 Å². The Bertz CT molecular complexity index is 473. The molecule has 4 heteroatoms. The fourth-order valence-corrected chi connectivity index (χ4v) is 2.56. The van der Waals surface area contributed by atoms with Crippen LogP contribution in [0.2, 0.25) is 0 Å². The van der Waals surface area contributed by atoms with Gasteiger partial charge in [0.25, 0.3) is 0 Å². The van der Waals surface area contributed by atoms with Crippen LogP contribution in [-0.4, -0.2) is 32.6 Å². The summed E-state index contributed by atoms with van der Waals surface area (Å²) >= 11 is 0. The van der Waals surface area contributed by atoms with Crippen molar-refractivity contribution in [3.63, 3.8) is 0 Å². The minimum absolute atomic E-state index is 0.0141. The molecule has 1 aromatic rings. The Kier molecular flexibility index (Phi) is 5.89. The zero-order chi connectivity index (χ0) is 15.3. The number of rotatable bonds is 6. The summed E-state index contributed by atoms with van der Waals surface area (Å²) in [7, 11) is 2.81. The molecule has 0 spiro atoms. The first-order chi connectivity index (χ1) is 9.43. The van der Waals surface area contributed by atoms with Crippen LogP contribution in [0.1, 0.15) is 29.5 Å². The number of ether oxygens (including phenoxy) is 2. The predicted molar refractivity (Wildman–Crippen MR) is 76.7 cm³/mol. The molecule has 1 aromatic carbocycles. The van der Waals surface area contributed by atoms with Crippen molar-refractivity contribution < 1.29 is 19.1 Å². The average Bonchev–Trinajstić information content (AvgIpc) is 2.41. The number of ketones is 1. The van der Waals surface area contributed by atoms with Gasteiger partial charge in [0.2, 0.25) is 0 Å². The van der Waals surface area contributed by atoms with Crippen molar-refractivity contribution in [2.45, 2.75) is 26.7 Å². The van der Waals surface area contributed by atoms with Gasteiger partial charge in [-0.3, -0.25) is 9.59 Å². The van der Waals surface area contributed by atoms with E-state index in [0.717, 1.165) is 16.7 Å². The summed E-state index contributed by atoms with van der Waals surface area (Å²) in [5, 5.41) is 0. The van der Waals surface area contributed by atoms with Gasteiger partial charge in [-0.25, -0.2) is 0 Å². The summed E-state index contributed by atoms with van der Waals surface area (Å²) in [6.07, 6.45) is 0. The zero-order valence-corrected chi connectivity index (χ0v) is 12.7. The first kappa shape index (κ1) is 16.4. The van der Waals surface area contributed by atoms with Crippen LogP contribution in [-0.2, 0) is 19.1 Å². The lowest BCUT2D eigenvalue weighted by atomic mass is 9.80. The number of esters is 1. The van der Waals surface area contributed by atoms with Crippen molar-refractivity contribution in [3.05, 3.63) is 34.9 Å². The topological polar surface area (TPSA) is 52.6 Å². The van der Waals surface area contributed by atoms with Crippen molar-refractivity contribution in [2.24, 2.45) is 5.92 Å². The lowest BCUT2D eigenvalue weighted by molar-refractivity contribution is -0.147. The highest BCUT2D eigenvalue weighted by Crippen LogP contribution is 2.31. The van der Waals surface area contributed by atoms with Gasteiger partial charge in [-0.05, 0) is 30.5 Å². The summed E-state index contributed by atoms with van der Waals surface area (Å²) in [5.74, 6) is -1.57. The molecule has 0 N–H and O–H groups in total. The van der Waals surface area contributed by atoms with Crippen molar-refractivity contribution in [2.75, 3.05) is 20.8 Å². The lowest BCUT2D eigenvalue weighted by Crippen LogP contribution is -2.30. The minimum Gasteiger partial charge on any atom is -0.469 e. The van der Waals surface area contributed by atoms with Crippen LogP contribution in [0.3, 0.4) is 0 Å². The molecule has 0 aliphatic carbocycles. The van der Waals surface area contributed by atoms with Gasteiger partial charge in [0.15, 0.2) is 5.78 Å². The van der Waals surface area contributed by atoms with Crippen molar-refractivity contribution in [1.29, 1.82) is 0 Å². The molecule has 1 rings (SSSR count). The number of carbonyl (C=O) groups is 2. The maximum atomic E-state index is 12.4. The second kappa shape index (κ2) is 7.20. The van der Waals surface area contributed by atoms with Crippen LogP contribution in [0.4, 0.5) is 0 Å². The first-order valence-electron chi connectivity index (χ1n) is 6.59. The Labute approximate surface area is 120 Å². The summed E-state index contributed by atoms with van der Waals surface area (Å²) in [6.45, 7) is 5.59. The van der Waals surface area contributed by atoms with Crippen molar-refractivity contribution in [3.8, 4) is 0 Å². The first-order valence-corrected chi connectivity index (χ1v) is 6.59. The Hall–Kier alpha value is -1.68. The van der Waals surface area contributed by atoms with Crippen LogP contribution in [0.15, 0.2) is 18.2 Å². The predicted octanol–water partition coefficient (Wildman–Crippen LogP) is 2.41. The monoisotopic (exact) mass is 278 g/mol. The number of aryl methyl sites for hydroxylation is 2. The largest absolute Gasteiger partial charge is 0.469 e. The molecule has 2 atom stereocenters. The van der Waals surface area contributed by atoms with E-state index in [-0.39, 0.29) is 18.4 Å². The molecular weight excluding hydrogens is 256 g/mol. The molecule has 20 heavy (non-hydrogen) atoms. The molecule has 0 aromatic heterocycles. The molecule has 1 unspecified atom stereocenters. The second-order valence-corrected chi connectivity index (χ2v) is 4.99. The Balaban J connectivity index is 3.30. The standard InChI is InChI=1S/C16H22O4/c1-10-7-6-8-11(2)14(10)15(13(17)9-19-4)12(3)16(18)20-5/h6-8,12,15H,9H2,1-5H3/t12-,15?/m0/s1. The Morgan fingerprint density at radius 1 is 1.15 bits per heavy atom. The van der Waals surface area contributed by atoms with Crippen molar-refractivity contribution in [1.82, 2.24) is 0 Å². The molecule has 0 heterocycles. The molecule has 0 saturated carbocycles. The third-order valence-corrected chi connectivity index (χ3v) is 3.56. The normalized spacial score (nSPS) is 13.7. The van der Waals surface area contributed by atoms with E-state index in [1.165, 1.54) is 14.2 Å². The quantitative estimate of drug-likeness (QED) is 0.750. The van der Waals surface area contributed by atoms with Crippen LogP contribution in [0, 0.1) is 19.8 Å². The van der Waals surface area contributed by atoms with Gasteiger partial charge in [-0.15, -0.1) is 0 Å². The highest BCUT2D eigenvalue weighted by atomic mass is 16.5. The van der Waals surface area contributed by atoms with Gasteiger partial charge < -0.3 is 9.47 Å². The summed E-state index contributed by atoms with van der Waals surface area (Å²) in [4.78, 5) is 24.2. The SMILES string of the molecule is COCC(=O)C(c1c(C)cccc1C)[C@H](C)C(=O)OC. The highest BCUT2D eigenvalue weighted by molar-refractivity contribution is 5.92. The maximum Gasteiger partial charge on any atom is 0.309 e.